The summed E-state index contributed by atoms with van der Waals surface area (Å²) in [4.78, 5) is 14.6. The molecule has 0 aromatic carbocycles. The predicted octanol–water partition coefficient (Wildman–Crippen LogP) is 2.01. The van der Waals surface area contributed by atoms with E-state index in [9.17, 15) is 4.79 Å². The van der Waals surface area contributed by atoms with Crippen LogP contribution in [0, 0.1) is 17.3 Å². The molecule has 3 heteroatoms. The van der Waals surface area contributed by atoms with Gasteiger partial charge in [0.2, 0.25) is 5.91 Å². The average Bonchev–Trinajstić information content (AvgIpc) is 2.74. The zero-order valence-electron chi connectivity index (χ0n) is 11.2. The lowest BCUT2D eigenvalue weighted by atomic mass is 9.83. The maximum Gasteiger partial charge on any atom is 0.226 e. The van der Waals surface area contributed by atoms with Crippen LogP contribution in [-0.4, -0.2) is 30.4 Å². The van der Waals surface area contributed by atoms with Crippen molar-refractivity contribution in [3.8, 4) is 0 Å². The second-order valence-electron chi connectivity index (χ2n) is 6.56. The third-order valence-corrected chi connectivity index (χ3v) is 4.49. The molecule has 1 saturated heterocycles. The fraction of sp³-hybridized carbons (Fsp3) is 0.929. The van der Waals surface area contributed by atoms with E-state index in [-0.39, 0.29) is 5.92 Å². The number of likely N-dealkylation sites (tertiary alicyclic amines) is 1. The Morgan fingerprint density at radius 3 is 2.76 bits per heavy atom. The van der Waals surface area contributed by atoms with Gasteiger partial charge in [0.05, 0.1) is 0 Å². The highest BCUT2D eigenvalue weighted by atomic mass is 16.2. The molecule has 0 bridgehead atoms. The van der Waals surface area contributed by atoms with Crippen LogP contribution in [0.4, 0.5) is 0 Å². The van der Waals surface area contributed by atoms with E-state index in [0.717, 1.165) is 32.4 Å². The van der Waals surface area contributed by atoms with Crippen LogP contribution in [0.5, 0.6) is 0 Å². The van der Waals surface area contributed by atoms with Crippen molar-refractivity contribution in [3.63, 3.8) is 0 Å². The Bertz CT molecular complexity index is 288. The van der Waals surface area contributed by atoms with E-state index >= 15 is 0 Å². The highest BCUT2D eigenvalue weighted by molar-refractivity contribution is 5.79. The van der Waals surface area contributed by atoms with Crippen molar-refractivity contribution in [2.45, 2.75) is 46.0 Å². The summed E-state index contributed by atoms with van der Waals surface area (Å²) in [5.41, 5.74) is 6.07. The summed E-state index contributed by atoms with van der Waals surface area (Å²) in [7, 11) is 0. The lowest BCUT2D eigenvalue weighted by Crippen LogP contribution is -2.47. The summed E-state index contributed by atoms with van der Waals surface area (Å²) in [6.45, 7) is 7.09. The van der Waals surface area contributed by atoms with E-state index in [1.807, 2.05) is 0 Å². The molecule has 0 aromatic rings. The topological polar surface area (TPSA) is 46.3 Å². The largest absolute Gasteiger partial charge is 0.342 e. The van der Waals surface area contributed by atoms with E-state index in [0.29, 0.717) is 23.8 Å². The van der Waals surface area contributed by atoms with Crippen LogP contribution < -0.4 is 5.73 Å². The van der Waals surface area contributed by atoms with Gasteiger partial charge >= 0.3 is 0 Å². The van der Waals surface area contributed by atoms with E-state index in [1.165, 1.54) is 12.8 Å². The molecule has 3 nitrogen and oxygen atoms in total. The molecule has 1 aliphatic heterocycles. The summed E-state index contributed by atoms with van der Waals surface area (Å²) >= 11 is 0. The molecule has 2 aliphatic rings. The van der Waals surface area contributed by atoms with Gasteiger partial charge < -0.3 is 10.6 Å². The quantitative estimate of drug-likeness (QED) is 0.800. The molecule has 1 aliphatic carbocycles. The molecule has 1 amide bonds. The predicted molar refractivity (Wildman–Crippen MR) is 69.5 cm³/mol. The Hall–Kier alpha value is -0.570. The molecule has 0 spiro atoms. The minimum absolute atomic E-state index is 0.217. The van der Waals surface area contributed by atoms with Gasteiger partial charge in [-0.2, -0.15) is 0 Å². The first-order valence-corrected chi connectivity index (χ1v) is 7.02. The number of amides is 1. The van der Waals surface area contributed by atoms with Crippen LogP contribution >= 0.6 is 0 Å². The van der Waals surface area contributed by atoms with Gasteiger partial charge in [-0.05, 0) is 43.6 Å². The first-order chi connectivity index (χ1) is 8.03. The van der Waals surface area contributed by atoms with Crippen molar-refractivity contribution in [2.75, 3.05) is 19.6 Å². The molecule has 0 aromatic heterocycles. The number of carbonyl (C=O) groups is 1. The lowest BCUT2D eigenvalue weighted by Gasteiger charge is -2.39. The average molecular weight is 238 g/mol. The van der Waals surface area contributed by atoms with Crippen molar-refractivity contribution in [1.82, 2.24) is 4.90 Å². The third-order valence-electron chi connectivity index (χ3n) is 4.49. The summed E-state index contributed by atoms with van der Waals surface area (Å²) in [5, 5.41) is 0. The molecular weight excluding hydrogens is 212 g/mol. The minimum Gasteiger partial charge on any atom is -0.342 e. The van der Waals surface area contributed by atoms with Gasteiger partial charge in [0.25, 0.3) is 0 Å². The maximum atomic E-state index is 12.5. The smallest absolute Gasteiger partial charge is 0.226 e. The molecule has 2 unspecified atom stereocenters. The zero-order chi connectivity index (χ0) is 12.5. The number of nitrogens with two attached hydrogens (primary N) is 1. The fourth-order valence-corrected chi connectivity index (χ4v) is 3.49. The summed E-state index contributed by atoms with van der Waals surface area (Å²) in [6, 6.07) is 0. The molecule has 1 saturated carbocycles. The number of hydrogen-bond acceptors (Lipinski definition) is 2. The van der Waals surface area contributed by atoms with Crippen LogP contribution in [0.3, 0.4) is 0 Å². The lowest BCUT2D eigenvalue weighted by molar-refractivity contribution is -0.139. The molecule has 2 fully saturated rings. The zero-order valence-corrected chi connectivity index (χ0v) is 11.2. The van der Waals surface area contributed by atoms with Crippen molar-refractivity contribution in [1.29, 1.82) is 0 Å². The molecular formula is C14H26N2O. The Morgan fingerprint density at radius 2 is 2.12 bits per heavy atom. The van der Waals surface area contributed by atoms with Gasteiger partial charge in [0.15, 0.2) is 0 Å². The van der Waals surface area contributed by atoms with E-state index in [4.69, 9.17) is 5.73 Å². The molecule has 98 valence electrons. The Balaban J connectivity index is 1.99. The maximum absolute atomic E-state index is 12.5. The molecule has 2 N–H and O–H groups in total. The van der Waals surface area contributed by atoms with Crippen molar-refractivity contribution >= 4 is 5.91 Å². The molecule has 1 heterocycles. The van der Waals surface area contributed by atoms with E-state index in [1.54, 1.807) is 0 Å². The third kappa shape index (κ3) is 2.82. The number of carbonyl (C=O) groups excluding carboxylic acids is 1. The van der Waals surface area contributed by atoms with Gasteiger partial charge in [0, 0.05) is 19.0 Å². The van der Waals surface area contributed by atoms with Gasteiger partial charge in [-0.25, -0.2) is 0 Å². The molecule has 17 heavy (non-hydrogen) atoms. The Morgan fingerprint density at radius 1 is 1.35 bits per heavy atom. The second kappa shape index (κ2) is 4.97. The van der Waals surface area contributed by atoms with Crippen molar-refractivity contribution in [3.05, 3.63) is 0 Å². The van der Waals surface area contributed by atoms with E-state index in [2.05, 4.69) is 18.7 Å². The van der Waals surface area contributed by atoms with Crippen LogP contribution in [0.1, 0.15) is 46.0 Å². The Kier molecular flexibility index (Phi) is 3.76. The van der Waals surface area contributed by atoms with Gasteiger partial charge in [-0.3, -0.25) is 4.79 Å². The van der Waals surface area contributed by atoms with Crippen molar-refractivity contribution in [2.24, 2.45) is 23.0 Å². The highest BCUT2D eigenvalue weighted by Crippen LogP contribution is 2.35. The standard InChI is InChI=1S/C14H26N2O/c1-14(2)7-4-8-16(10-14)13(17)12-6-3-5-11(12)9-15/h11-12H,3-10,15H2,1-2H3. The monoisotopic (exact) mass is 238 g/mol. The van der Waals surface area contributed by atoms with Crippen LogP contribution in [-0.2, 0) is 4.79 Å². The normalized spacial score (nSPS) is 32.8. The van der Waals surface area contributed by atoms with E-state index < -0.39 is 0 Å². The van der Waals surface area contributed by atoms with Gasteiger partial charge in [-0.15, -0.1) is 0 Å². The Labute approximate surface area is 105 Å². The highest BCUT2D eigenvalue weighted by Gasteiger charge is 2.37. The van der Waals surface area contributed by atoms with Crippen molar-refractivity contribution < 1.29 is 4.79 Å². The second-order valence-corrected chi connectivity index (χ2v) is 6.56. The summed E-state index contributed by atoms with van der Waals surface area (Å²) in [6.07, 6.45) is 5.76. The number of rotatable bonds is 2. The number of hydrogen-bond donors (Lipinski definition) is 1. The minimum atomic E-state index is 0.217. The van der Waals surface area contributed by atoms with Crippen LogP contribution in [0.15, 0.2) is 0 Å². The summed E-state index contributed by atoms with van der Waals surface area (Å²) in [5.74, 6) is 1.03. The van der Waals surface area contributed by atoms with Gasteiger partial charge in [0.1, 0.15) is 0 Å². The SMILES string of the molecule is CC1(C)CCCN(C(=O)C2CCCC2CN)C1. The van der Waals surface area contributed by atoms with Crippen LogP contribution in [0.25, 0.3) is 0 Å². The molecule has 2 atom stereocenters. The molecule has 2 rings (SSSR count). The first kappa shape index (κ1) is 12.9. The first-order valence-electron chi connectivity index (χ1n) is 7.02. The van der Waals surface area contributed by atoms with Crippen LogP contribution in [0.2, 0.25) is 0 Å². The number of piperidine rings is 1. The van der Waals surface area contributed by atoms with Gasteiger partial charge in [-0.1, -0.05) is 20.3 Å². The summed E-state index contributed by atoms with van der Waals surface area (Å²) < 4.78 is 0. The number of nitrogens with zero attached hydrogens (tertiary/aromatic N) is 1. The molecule has 0 radical (unpaired) electrons. The fourth-order valence-electron chi connectivity index (χ4n) is 3.49.